The van der Waals surface area contributed by atoms with Crippen molar-refractivity contribution in [3.8, 4) is 5.88 Å². The van der Waals surface area contributed by atoms with E-state index in [0.29, 0.717) is 0 Å². The summed E-state index contributed by atoms with van der Waals surface area (Å²) in [6.07, 6.45) is 0. The van der Waals surface area contributed by atoms with Crippen LogP contribution < -0.4 is 10.1 Å². The van der Waals surface area contributed by atoms with Crippen molar-refractivity contribution < 1.29 is 4.74 Å². The minimum atomic E-state index is 0.734. The molecule has 1 rings (SSSR count). The fourth-order valence-corrected chi connectivity index (χ4v) is 1.68. The van der Waals surface area contributed by atoms with Crippen LogP contribution in [-0.2, 0) is 13.6 Å². The summed E-state index contributed by atoms with van der Waals surface area (Å²) in [6, 6.07) is 0. The summed E-state index contributed by atoms with van der Waals surface area (Å²) >= 11 is 3.41. The maximum absolute atomic E-state index is 5.13. The zero-order valence-corrected chi connectivity index (χ0v) is 8.97. The number of ether oxygens (including phenoxy) is 1. The molecule has 0 spiro atoms. The first-order chi connectivity index (χ1) is 5.70. The maximum atomic E-state index is 5.13. The van der Waals surface area contributed by atoms with Gasteiger partial charge >= 0.3 is 0 Å². The molecule has 0 bridgehead atoms. The lowest BCUT2D eigenvalue weighted by Gasteiger charge is -1.98. The quantitative estimate of drug-likeness (QED) is 0.844. The highest BCUT2D eigenvalue weighted by molar-refractivity contribution is 9.10. The minimum absolute atomic E-state index is 0.734. The van der Waals surface area contributed by atoms with E-state index >= 15 is 0 Å². The van der Waals surface area contributed by atoms with Gasteiger partial charge in [0.2, 0.25) is 5.88 Å². The molecule has 0 aromatic carbocycles. The van der Waals surface area contributed by atoms with Crippen LogP contribution in [0.25, 0.3) is 0 Å². The Morgan fingerprint density at radius 1 is 1.67 bits per heavy atom. The summed E-state index contributed by atoms with van der Waals surface area (Å²) < 4.78 is 7.75. The Bertz CT molecular complexity index is 272. The Hall–Kier alpha value is -0.550. The Kier molecular flexibility index (Phi) is 3.11. The molecular formula is C7H12BrN3O. The number of aryl methyl sites for hydroxylation is 1. The SMILES string of the molecule is CNCc1nn(C)c(OC)c1Br. The summed E-state index contributed by atoms with van der Waals surface area (Å²) in [5, 5.41) is 7.28. The standard InChI is InChI=1S/C7H12BrN3O/c1-9-4-5-6(8)7(12-3)11(2)10-5/h9H,4H2,1-3H3. The van der Waals surface area contributed by atoms with E-state index in [2.05, 4.69) is 26.3 Å². The van der Waals surface area contributed by atoms with E-state index in [1.807, 2.05) is 14.1 Å². The first kappa shape index (κ1) is 9.54. The minimum Gasteiger partial charge on any atom is -0.480 e. The number of nitrogens with zero attached hydrogens (tertiary/aromatic N) is 2. The van der Waals surface area contributed by atoms with Gasteiger partial charge in [-0.15, -0.1) is 0 Å². The highest BCUT2D eigenvalue weighted by Gasteiger charge is 2.12. The number of nitrogens with one attached hydrogen (secondary N) is 1. The Morgan fingerprint density at radius 3 is 2.75 bits per heavy atom. The molecule has 0 radical (unpaired) electrons. The average molecular weight is 234 g/mol. The summed E-state index contributed by atoms with van der Waals surface area (Å²) in [6.45, 7) is 0.734. The van der Waals surface area contributed by atoms with Crippen LogP contribution in [0.4, 0.5) is 0 Å². The lowest BCUT2D eigenvalue weighted by atomic mass is 10.4. The van der Waals surface area contributed by atoms with Crippen molar-refractivity contribution in [3.05, 3.63) is 10.2 Å². The van der Waals surface area contributed by atoms with Crippen LogP contribution in [0, 0.1) is 0 Å². The summed E-state index contributed by atoms with van der Waals surface area (Å²) in [7, 11) is 5.36. The smallest absolute Gasteiger partial charge is 0.226 e. The predicted octanol–water partition coefficient (Wildman–Crippen LogP) is 0.911. The fourth-order valence-electron chi connectivity index (χ4n) is 1.04. The topological polar surface area (TPSA) is 39.1 Å². The summed E-state index contributed by atoms with van der Waals surface area (Å²) in [4.78, 5) is 0. The zero-order chi connectivity index (χ0) is 9.14. The first-order valence-electron chi connectivity index (χ1n) is 3.60. The molecule has 0 aliphatic rings. The van der Waals surface area contributed by atoms with E-state index < -0.39 is 0 Å². The Morgan fingerprint density at radius 2 is 2.33 bits per heavy atom. The second kappa shape index (κ2) is 3.91. The molecule has 0 saturated heterocycles. The first-order valence-corrected chi connectivity index (χ1v) is 4.40. The summed E-state index contributed by atoms with van der Waals surface area (Å²) in [5.74, 6) is 0.750. The molecule has 0 unspecified atom stereocenters. The normalized spacial score (nSPS) is 10.3. The van der Waals surface area contributed by atoms with E-state index in [4.69, 9.17) is 4.74 Å². The van der Waals surface area contributed by atoms with Gasteiger partial charge in [0.15, 0.2) is 0 Å². The van der Waals surface area contributed by atoms with Gasteiger partial charge in [-0.25, -0.2) is 4.68 Å². The van der Waals surface area contributed by atoms with Crippen LogP contribution in [0.2, 0.25) is 0 Å². The van der Waals surface area contributed by atoms with E-state index in [9.17, 15) is 0 Å². The molecule has 12 heavy (non-hydrogen) atoms. The average Bonchev–Trinajstić information content (AvgIpc) is 2.29. The maximum Gasteiger partial charge on any atom is 0.226 e. The van der Waals surface area contributed by atoms with Crippen molar-refractivity contribution in [1.82, 2.24) is 15.1 Å². The van der Waals surface area contributed by atoms with Crippen molar-refractivity contribution in [2.24, 2.45) is 7.05 Å². The molecule has 4 nitrogen and oxygen atoms in total. The third-order valence-corrected chi connectivity index (χ3v) is 2.34. The van der Waals surface area contributed by atoms with Gasteiger partial charge in [-0.3, -0.25) is 0 Å². The van der Waals surface area contributed by atoms with Crippen LogP contribution in [0.5, 0.6) is 5.88 Å². The molecule has 5 heteroatoms. The molecule has 0 amide bonds. The van der Waals surface area contributed by atoms with Gasteiger partial charge in [-0.05, 0) is 23.0 Å². The predicted molar refractivity (Wildman–Crippen MR) is 50.2 cm³/mol. The van der Waals surface area contributed by atoms with Crippen LogP contribution in [0.15, 0.2) is 4.47 Å². The Labute approximate surface area is 80.0 Å². The van der Waals surface area contributed by atoms with Crippen molar-refractivity contribution in [2.75, 3.05) is 14.2 Å². The molecule has 68 valence electrons. The van der Waals surface area contributed by atoms with Crippen molar-refractivity contribution in [2.45, 2.75) is 6.54 Å². The van der Waals surface area contributed by atoms with Crippen molar-refractivity contribution in [3.63, 3.8) is 0 Å². The van der Waals surface area contributed by atoms with E-state index in [-0.39, 0.29) is 0 Å². The molecule has 0 saturated carbocycles. The molecule has 0 fully saturated rings. The van der Waals surface area contributed by atoms with Crippen molar-refractivity contribution >= 4 is 15.9 Å². The number of aromatic nitrogens is 2. The third-order valence-electron chi connectivity index (χ3n) is 1.54. The van der Waals surface area contributed by atoms with E-state index in [0.717, 1.165) is 22.6 Å². The molecule has 1 aromatic rings. The second-order valence-corrected chi connectivity index (χ2v) is 3.22. The van der Waals surface area contributed by atoms with Gasteiger partial charge in [-0.2, -0.15) is 5.10 Å². The third kappa shape index (κ3) is 1.61. The monoisotopic (exact) mass is 233 g/mol. The Balaban J connectivity index is 3.00. The fraction of sp³-hybridized carbons (Fsp3) is 0.571. The van der Waals surface area contributed by atoms with Crippen LogP contribution in [0.1, 0.15) is 5.69 Å². The van der Waals surface area contributed by atoms with Gasteiger partial charge < -0.3 is 10.1 Å². The van der Waals surface area contributed by atoms with Gasteiger partial charge in [0.05, 0.1) is 12.8 Å². The second-order valence-electron chi connectivity index (χ2n) is 2.42. The number of hydrogen-bond donors (Lipinski definition) is 1. The molecule has 0 aliphatic carbocycles. The van der Waals surface area contributed by atoms with Crippen LogP contribution in [0.3, 0.4) is 0 Å². The number of hydrogen-bond acceptors (Lipinski definition) is 3. The van der Waals surface area contributed by atoms with E-state index in [1.54, 1.807) is 11.8 Å². The highest BCUT2D eigenvalue weighted by Crippen LogP contribution is 2.27. The molecule has 0 aliphatic heterocycles. The molecule has 0 atom stereocenters. The highest BCUT2D eigenvalue weighted by atomic mass is 79.9. The van der Waals surface area contributed by atoms with Gasteiger partial charge in [0.25, 0.3) is 0 Å². The molecule has 1 N–H and O–H groups in total. The largest absolute Gasteiger partial charge is 0.480 e. The van der Waals surface area contributed by atoms with Gasteiger partial charge in [0.1, 0.15) is 4.47 Å². The van der Waals surface area contributed by atoms with Crippen LogP contribution >= 0.6 is 15.9 Å². The zero-order valence-electron chi connectivity index (χ0n) is 7.39. The molecule has 1 heterocycles. The van der Waals surface area contributed by atoms with Gasteiger partial charge in [-0.1, -0.05) is 0 Å². The number of halogens is 1. The molecular weight excluding hydrogens is 222 g/mol. The number of rotatable bonds is 3. The van der Waals surface area contributed by atoms with Crippen LogP contribution in [-0.4, -0.2) is 23.9 Å². The van der Waals surface area contributed by atoms with E-state index in [1.165, 1.54) is 0 Å². The van der Waals surface area contributed by atoms with Crippen molar-refractivity contribution in [1.29, 1.82) is 0 Å². The lowest BCUT2D eigenvalue weighted by Crippen LogP contribution is -2.06. The molecule has 1 aromatic heterocycles. The van der Waals surface area contributed by atoms with Gasteiger partial charge in [0, 0.05) is 13.6 Å². The summed E-state index contributed by atoms with van der Waals surface area (Å²) in [5.41, 5.74) is 0.955. The lowest BCUT2D eigenvalue weighted by molar-refractivity contribution is 0.371. The number of methoxy groups -OCH3 is 1.